The number of nitrogen functional groups attached to an aromatic ring is 1. The molecule has 0 aliphatic carbocycles. The Kier molecular flexibility index (Phi) is 3.74. The number of ether oxygens (including phenoxy) is 1. The zero-order valence-electron chi connectivity index (χ0n) is 15.2. The van der Waals surface area contributed by atoms with Crippen molar-refractivity contribution in [3.63, 3.8) is 0 Å². The van der Waals surface area contributed by atoms with E-state index in [4.69, 9.17) is 10.5 Å². The van der Waals surface area contributed by atoms with Gasteiger partial charge in [-0.1, -0.05) is 36.4 Å². The monoisotopic (exact) mass is 384 g/mol. The highest BCUT2D eigenvalue weighted by Crippen LogP contribution is 2.34. The molecule has 0 radical (unpaired) electrons. The molecule has 0 bridgehead atoms. The molecule has 2 aromatic heterocycles. The Morgan fingerprint density at radius 3 is 2.55 bits per heavy atom. The molecule has 0 fully saturated rings. The minimum atomic E-state index is -0.310. The van der Waals surface area contributed by atoms with Crippen molar-refractivity contribution in [1.82, 2.24) is 14.8 Å². The van der Waals surface area contributed by atoms with Gasteiger partial charge < -0.3 is 20.6 Å². The Bertz CT molecular complexity index is 1420. The normalized spacial score (nSPS) is 11.2. The smallest absolute Gasteiger partial charge is 0.261 e. The third kappa shape index (κ3) is 2.76. The number of aromatic nitrogens is 3. The predicted molar refractivity (Wildman–Crippen MR) is 112 cm³/mol. The van der Waals surface area contributed by atoms with E-state index in [0.717, 1.165) is 5.39 Å². The van der Waals surface area contributed by atoms with Crippen molar-refractivity contribution in [1.29, 1.82) is 0 Å². The lowest BCUT2D eigenvalue weighted by Crippen LogP contribution is -2.08. The van der Waals surface area contributed by atoms with Crippen molar-refractivity contribution in [3.8, 4) is 22.9 Å². The Morgan fingerprint density at radius 1 is 1.00 bits per heavy atom. The SMILES string of the molecule is Nc1c2c(=O)[nH]c3ccccc3c2nn1-c1ccc(Oc2ccccc2)c(O)c1. The summed E-state index contributed by atoms with van der Waals surface area (Å²) in [6.45, 7) is 0. The molecule has 0 saturated heterocycles. The van der Waals surface area contributed by atoms with Crippen LogP contribution < -0.4 is 16.0 Å². The molecule has 4 N–H and O–H groups in total. The fourth-order valence-electron chi connectivity index (χ4n) is 3.36. The maximum atomic E-state index is 12.5. The second-order valence-corrected chi connectivity index (χ2v) is 6.59. The molecule has 7 heteroatoms. The minimum absolute atomic E-state index is 0.0657. The molecule has 29 heavy (non-hydrogen) atoms. The molecule has 0 aliphatic rings. The summed E-state index contributed by atoms with van der Waals surface area (Å²) in [6, 6.07) is 21.4. The van der Waals surface area contributed by atoms with Crippen LogP contribution in [0.2, 0.25) is 0 Å². The number of H-pyrrole nitrogens is 1. The van der Waals surface area contributed by atoms with Crippen LogP contribution in [-0.4, -0.2) is 19.9 Å². The van der Waals surface area contributed by atoms with Gasteiger partial charge in [-0.05, 0) is 30.3 Å². The maximum absolute atomic E-state index is 12.5. The van der Waals surface area contributed by atoms with Gasteiger partial charge in [0.1, 0.15) is 22.5 Å². The first-order chi connectivity index (χ1) is 14.1. The second-order valence-electron chi connectivity index (χ2n) is 6.59. The zero-order chi connectivity index (χ0) is 20.0. The van der Waals surface area contributed by atoms with Gasteiger partial charge in [-0.3, -0.25) is 4.79 Å². The lowest BCUT2D eigenvalue weighted by molar-refractivity contribution is 0.411. The molecule has 3 aromatic carbocycles. The predicted octanol–water partition coefficient (Wildman–Crippen LogP) is 3.95. The van der Waals surface area contributed by atoms with Gasteiger partial charge in [0, 0.05) is 11.5 Å². The number of aromatic hydroxyl groups is 1. The van der Waals surface area contributed by atoms with Crippen LogP contribution in [0.3, 0.4) is 0 Å². The Balaban J connectivity index is 1.63. The number of fused-ring (bicyclic) bond motifs is 3. The number of hydrogen-bond acceptors (Lipinski definition) is 5. The van der Waals surface area contributed by atoms with Crippen LogP contribution in [0.4, 0.5) is 5.82 Å². The van der Waals surface area contributed by atoms with Crippen LogP contribution in [0.1, 0.15) is 0 Å². The van der Waals surface area contributed by atoms with Crippen LogP contribution in [-0.2, 0) is 0 Å². The fraction of sp³-hybridized carbons (Fsp3) is 0. The lowest BCUT2D eigenvalue weighted by Gasteiger charge is -2.10. The summed E-state index contributed by atoms with van der Waals surface area (Å²) in [5.74, 6) is 1.05. The number of benzene rings is 3. The van der Waals surface area contributed by atoms with Crippen LogP contribution in [0.5, 0.6) is 17.2 Å². The van der Waals surface area contributed by atoms with Crippen LogP contribution >= 0.6 is 0 Å². The van der Waals surface area contributed by atoms with Crippen molar-refractivity contribution >= 4 is 27.6 Å². The van der Waals surface area contributed by atoms with Crippen LogP contribution in [0, 0.1) is 0 Å². The number of pyridine rings is 1. The van der Waals surface area contributed by atoms with E-state index >= 15 is 0 Å². The van der Waals surface area contributed by atoms with Crippen molar-refractivity contribution in [2.75, 3.05) is 5.73 Å². The second kappa shape index (κ2) is 6.42. The molecule has 0 aliphatic heterocycles. The van der Waals surface area contributed by atoms with Crippen LogP contribution in [0.15, 0.2) is 77.6 Å². The molecule has 0 unspecified atom stereocenters. The van der Waals surface area contributed by atoms with Gasteiger partial charge in [-0.2, -0.15) is 5.10 Å². The van der Waals surface area contributed by atoms with E-state index in [1.807, 2.05) is 42.5 Å². The number of anilines is 1. The Labute approximate surface area is 164 Å². The highest BCUT2D eigenvalue weighted by Gasteiger charge is 2.17. The summed E-state index contributed by atoms with van der Waals surface area (Å²) >= 11 is 0. The van der Waals surface area contributed by atoms with Crippen molar-refractivity contribution in [2.24, 2.45) is 0 Å². The standard InChI is InChI=1S/C22H16N4O3/c23-21-19-20(15-8-4-5-9-16(15)24-22(19)28)25-26(21)13-10-11-18(17(27)12-13)29-14-6-2-1-3-7-14/h1-12,27H,23H2,(H,24,28). The van der Waals surface area contributed by atoms with Gasteiger partial charge in [-0.25, -0.2) is 4.68 Å². The number of para-hydroxylation sites is 2. The number of phenols is 1. The van der Waals surface area contributed by atoms with E-state index < -0.39 is 0 Å². The average molecular weight is 384 g/mol. The molecule has 0 amide bonds. The molecule has 5 rings (SSSR count). The van der Waals surface area contributed by atoms with E-state index in [9.17, 15) is 9.90 Å². The number of phenolic OH excluding ortho intramolecular Hbond substituents is 1. The third-order valence-corrected chi connectivity index (χ3v) is 4.74. The molecule has 7 nitrogen and oxygen atoms in total. The Morgan fingerprint density at radius 2 is 1.76 bits per heavy atom. The van der Waals surface area contributed by atoms with E-state index in [-0.39, 0.29) is 17.1 Å². The lowest BCUT2D eigenvalue weighted by atomic mass is 10.1. The first kappa shape index (κ1) is 16.9. The number of nitrogens with two attached hydrogens (primary N) is 1. The molecule has 0 spiro atoms. The summed E-state index contributed by atoms with van der Waals surface area (Å²) < 4.78 is 7.14. The van der Waals surface area contributed by atoms with Crippen molar-refractivity contribution in [3.05, 3.63) is 83.2 Å². The van der Waals surface area contributed by atoms with E-state index in [0.29, 0.717) is 33.6 Å². The molecule has 142 valence electrons. The Hall–Kier alpha value is -4.26. The molecule has 0 saturated carbocycles. The molecular formula is C22H16N4O3. The van der Waals surface area contributed by atoms with Gasteiger partial charge in [0.2, 0.25) is 0 Å². The molecular weight excluding hydrogens is 368 g/mol. The summed E-state index contributed by atoms with van der Waals surface area (Å²) in [5, 5.41) is 16.1. The largest absolute Gasteiger partial charge is 0.504 e. The molecule has 0 atom stereocenters. The van der Waals surface area contributed by atoms with Crippen LogP contribution in [0.25, 0.3) is 27.5 Å². The van der Waals surface area contributed by atoms with Gasteiger partial charge >= 0.3 is 0 Å². The summed E-state index contributed by atoms with van der Waals surface area (Å²) in [7, 11) is 0. The number of hydrogen-bond donors (Lipinski definition) is 3. The van der Waals surface area contributed by atoms with Gasteiger partial charge in [0.25, 0.3) is 5.56 Å². The quantitative estimate of drug-likeness (QED) is 0.437. The highest BCUT2D eigenvalue weighted by atomic mass is 16.5. The van der Waals surface area contributed by atoms with E-state index in [1.165, 1.54) is 10.7 Å². The molecule has 5 aromatic rings. The summed E-state index contributed by atoms with van der Waals surface area (Å²) in [6.07, 6.45) is 0. The fourth-order valence-corrected chi connectivity index (χ4v) is 3.36. The highest BCUT2D eigenvalue weighted by molar-refractivity contribution is 6.06. The van der Waals surface area contributed by atoms with E-state index in [1.54, 1.807) is 24.3 Å². The van der Waals surface area contributed by atoms with E-state index in [2.05, 4.69) is 10.1 Å². The van der Waals surface area contributed by atoms with Crippen molar-refractivity contribution in [2.45, 2.75) is 0 Å². The number of rotatable bonds is 3. The van der Waals surface area contributed by atoms with Crippen molar-refractivity contribution < 1.29 is 9.84 Å². The zero-order valence-corrected chi connectivity index (χ0v) is 15.2. The number of nitrogens with one attached hydrogen (secondary N) is 1. The number of nitrogens with zero attached hydrogens (tertiary/aromatic N) is 2. The van der Waals surface area contributed by atoms with Gasteiger partial charge in [0.05, 0.1) is 11.2 Å². The minimum Gasteiger partial charge on any atom is -0.504 e. The average Bonchev–Trinajstić information content (AvgIpc) is 3.09. The van der Waals surface area contributed by atoms with Gasteiger partial charge in [-0.15, -0.1) is 0 Å². The number of aromatic amines is 1. The summed E-state index contributed by atoms with van der Waals surface area (Å²) in [5.41, 5.74) is 7.64. The maximum Gasteiger partial charge on any atom is 0.261 e. The first-order valence-electron chi connectivity index (χ1n) is 8.97. The summed E-state index contributed by atoms with van der Waals surface area (Å²) in [4.78, 5) is 15.4. The topological polar surface area (TPSA) is 106 Å². The molecule has 2 heterocycles. The first-order valence-corrected chi connectivity index (χ1v) is 8.97. The van der Waals surface area contributed by atoms with Gasteiger partial charge in [0.15, 0.2) is 11.5 Å². The third-order valence-electron chi connectivity index (χ3n) is 4.74.